The monoisotopic (exact) mass is 716 g/mol. The van der Waals surface area contributed by atoms with E-state index < -0.39 is 0 Å². The van der Waals surface area contributed by atoms with E-state index >= 15 is 0 Å². The molecular weight excluding hydrogens is 677 g/mol. The Bertz CT molecular complexity index is 3140. The summed E-state index contributed by atoms with van der Waals surface area (Å²) in [6, 6.07) is 53.8. The summed E-state index contributed by atoms with van der Waals surface area (Å²) in [5, 5.41) is 9.98. The van der Waals surface area contributed by atoms with Gasteiger partial charge < -0.3 is 4.42 Å². The van der Waals surface area contributed by atoms with Crippen LogP contribution in [0.2, 0.25) is 0 Å². The Morgan fingerprint density at radius 2 is 1.05 bits per heavy atom. The lowest BCUT2D eigenvalue weighted by Gasteiger charge is -2.22. The lowest BCUT2D eigenvalue weighted by Crippen LogP contribution is -2.14. The minimum absolute atomic E-state index is 0.129. The van der Waals surface area contributed by atoms with Crippen LogP contribution in [0.15, 0.2) is 186 Å². The van der Waals surface area contributed by atoms with Gasteiger partial charge in [-0.15, -0.1) is 0 Å². The summed E-state index contributed by atoms with van der Waals surface area (Å²) < 4.78 is 6.34. The molecule has 1 heteroatoms. The molecule has 2 aliphatic carbocycles. The highest BCUT2D eigenvalue weighted by Crippen LogP contribution is 2.53. The number of hydrogen-bond acceptors (Lipinski definition) is 1. The predicted molar refractivity (Wildman–Crippen MR) is 239 cm³/mol. The Hall–Kier alpha value is -6.70. The molecule has 0 saturated carbocycles. The van der Waals surface area contributed by atoms with Gasteiger partial charge in [0.1, 0.15) is 11.2 Å². The molecule has 1 aromatic heterocycles. The van der Waals surface area contributed by atoms with Gasteiger partial charge in [-0.2, -0.15) is 0 Å². The van der Waals surface area contributed by atoms with Gasteiger partial charge in [0.25, 0.3) is 0 Å². The molecule has 56 heavy (non-hydrogen) atoms. The van der Waals surface area contributed by atoms with Crippen molar-refractivity contribution in [3.05, 3.63) is 204 Å². The standard InChI is InChI=1S/C55H40O/c1-55(2)48-30-28-39(32-46(48)47-34-45-38(33-49(47)55)29-31-51-54(45)44-24-14-15-25-50(44)56-51)53-42-22-12-10-20-40(42)52(41-21-11-13-23-43(41)53)37-19-7-4-3-6-18-36(26-27-37)35-16-8-5-9-17-35/h3-17,20-34H,18-19H2,1-2H3/b6-3-,7-4-,36-26+,37-27+. The van der Waals surface area contributed by atoms with E-state index in [1.807, 2.05) is 0 Å². The molecule has 0 bridgehead atoms. The van der Waals surface area contributed by atoms with Crippen molar-refractivity contribution < 1.29 is 4.42 Å². The maximum atomic E-state index is 6.34. The van der Waals surface area contributed by atoms with Gasteiger partial charge in [-0.3, -0.25) is 0 Å². The minimum Gasteiger partial charge on any atom is -0.456 e. The lowest BCUT2D eigenvalue weighted by atomic mass is 9.81. The van der Waals surface area contributed by atoms with Gasteiger partial charge in [-0.25, -0.2) is 0 Å². The van der Waals surface area contributed by atoms with Gasteiger partial charge >= 0.3 is 0 Å². The van der Waals surface area contributed by atoms with Gasteiger partial charge in [-0.1, -0.05) is 166 Å². The van der Waals surface area contributed by atoms with Crippen molar-refractivity contribution in [3.63, 3.8) is 0 Å². The van der Waals surface area contributed by atoms with Crippen molar-refractivity contribution in [2.24, 2.45) is 0 Å². The summed E-state index contributed by atoms with van der Waals surface area (Å²) >= 11 is 0. The second-order valence-corrected chi connectivity index (χ2v) is 15.9. The van der Waals surface area contributed by atoms with Crippen molar-refractivity contribution in [2.45, 2.75) is 32.1 Å². The van der Waals surface area contributed by atoms with Crippen LogP contribution in [0.1, 0.15) is 48.9 Å². The average Bonchev–Trinajstić information content (AvgIpc) is 3.73. The number of hydrogen-bond donors (Lipinski definition) is 0. The van der Waals surface area contributed by atoms with E-state index in [9.17, 15) is 0 Å². The summed E-state index contributed by atoms with van der Waals surface area (Å²) in [6.07, 6.45) is 15.4. The minimum atomic E-state index is -0.129. The zero-order valence-electron chi connectivity index (χ0n) is 31.6. The number of fused-ring (bicyclic) bond motifs is 10. The molecule has 0 radical (unpaired) electrons. The maximum absolute atomic E-state index is 6.34. The topological polar surface area (TPSA) is 13.1 Å². The summed E-state index contributed by atoms with van der Waals surface area (Å²) in [5.74, 6) is 0. The SMILES string of the molecule is CC1(C)c2ccc(-c3c4ccccc4c(/C4=C/C=C(/c5ccccc5)C/C=C\C=C/C4)c4ccccc34)cc2-c2cc3c(ccc4oc5ccccc5c43)cc21. The van der Waals surface area contributed by atoms with E-state index in [1.165, 1.54) is 98.7 Å². The second kappa shape index (κ2) is 12.7. The molecule has 266 valence electrons. The fourth-order valence-electron chi connectivity index (χ4n) is 9.67. The summed E-state index contributed by atoms with van der Waals surface area (Å²) in [4.78, 5) is 0. The van der Waals surface area contributed by atoms with E-state index in [0.29, 0.717) is 0 Å². The van der Waals surface area contributed by atoms with Gasteiger partial charge in [0.15, 0.2) is 0 Å². The van der Waals surface area contributed by atoms with Crippen LogP contribution in [-0.2, 0) is 5.41 Å². The van der Waals surface area contributed by atoms with Crippen LogP contribution < -0.4 is 0 Å². The molecule has 0 amide bonds. The fraction of sp³-hybridized carbons (Fsp3) is 0.0909. The van der Waals surface area contributed by atoms with Gasteiger partial charge in [0.05, 0.1) is 0 Å². The van der Waals surface area contributed by atoms with Crippen LogP contribution in [-0.4, -0.2) is 0 Å². The molecule has 1 nitrogen and oxygen atoms in total. The molecular formula is C55H40O. The van der Waals surface area contributed by atoms with Crippen molar-refractivity contribution in [1.82, 2.24) is 0 Å². The normalized spacial score (nSPS) is 18.0. The summed E-state index contributed by atoms with van der Waals surface area (Å²) in [7, 11) is 0. The molecule has 0 atom stereocenters. The summed E-state index contributed by atoms with van der Waals surface area (Å²) in [6.45, 7) is 4.76. The number of furan rings is 1. The molecule has 8 aromatic carbocycles. The average molecular weight is 717 g/mol. The molecule has 0 unspecified atom stereocenters. The molecule has 0 N–H and O–H groups in total. The molecule has 0 spiro atoms. The molecule has 1 heterocycles. The number of para-hydroxylation sites is 1. The first kappa shape index (κ1) is 32.7. The van der Waals surface area contributed by atoms with Gasteiger partial charge in [-0.05, 0) is 131 Å². The molecule has 11 rings (SSSR count). The Morgan fingerprint density at radius 3 is 1.79 bits per heavy atom. The van der Waals surface area contributed by atoms with Crippen LogP contribution in [0.25, 0.3) is 87.7 Å². The molecule has 2 aliphatic rings. The third kappa shape index (κ3) is 5.01. The molecule has 0 aliphatic heterocycles. The number of rotatable bonds is 3. The van der Waals surface area contributed by atoms with Crippen LogP contribution in [0.3, 0.4) is 0 Å². The highest BCUT2D eigenvalue weighted by atomic mass is 16.3. The van der Waals surface area contributed by atoms with E-state index in [4.69, 9.17) is 4.42 Å². The summed E-state index contributed by atoms with van der Waals surface area (Å²) in [5.41, 5.74) is 14.9. The van der Waals surface area contributed by atoms with Crippen molar-refractivity contribution in [2.75, 3.05) is 0 Å². The van der Waals surface area contributed by atoms with Crippen LogP contribution in [0.4, 0.5) is 0 Å². The van der Waals surface area contributed by atoms with E-state index in [1.54, 1.807) is 0 Å². The van der Waals surface area contributed by atoms with E-state index in [2.05, 4.69) is 196 Å². The Balaban J connectivity index is 1.14. The Morgan fingerprint density at radius 1 is 0.446 bits per heavy atom. The van der Waals surface area contributed by atoms with Crippen LogP contribution >= 0.6 is 0 Å². The number of benzene rings is 8. The number of allylic oxidation sites excluding steroid dienone is 8. The maximum Gasteiger partial charge on any atom is 0.136 e. The zero-order chi connectivity index (χ0) is 37.4. The first-order valence-corrected chi connectivity index (χ1v) is 19.8. The van der Waals surface area contributed by atoms with E-state index in [0.717, 1.165) is 24.0 Å². The highest BCUT2D eigenvalue weighted by molar-refractivity contribution is 6.21. The fourth-order valence-corrected chi connectivity index (χ4v) is 9.67. The first-order chi connectivity index (χ1) is 27.5. The third-order valence-electron chi connectivity index (χ3n) is 12.4. The molecule has 9 aromatic rings. The molecule has 0 fully saturated rings. The van der Waals surface area contributed by atoms with Crippen LogP contribution in [0, 0.1) is 0 Å². The highest BCUT2D eigenvalue weighted by Gasteiger charge is 2.36. The van der Waals surface area contributed by atoms with Crippen molar-refractivity contribution in [3.8, 4) is 22.3 Å². The van der Waals surface area contributed by atoms with E-state index in [-0.39, 0.29) is 5.41 Å². The van der Waals surface area contributed by atoms with Crippen molar-refractivity contribution >= 4 is 65.4 Å². The first-order valence-electron chi connectivity index (χ1n) is 19.8. The smallest absolute Gasteiger partial charge is 0.136 e. The third-order valence-corrected chi connectivity index (χ3v) is 12.4. The molecule has 0 saturated heterocycles. The van der Waals surface area contributed by atoms with Crippen LogP contribution in [0.5, 0.6) is 0 Å². The quantitative estimate of drug-likeness (QED) is 0.166. The van der Waals surface area contributed by atoms with Gasteiger partial charge in [0, 0.05) is 16.2 Å². The largest absolute Gasteiger partial charge is 0.456 e. The second-order valence-electron chi connectivity index (χ2n) is 15.9. The Labute approximate surface area is 327 Å². The predicted octanol–water partition coefficient (Wildman–Crippen LogP) is 15.4. The Kier molecular flexibility index (Phi) is 7.41. The zero-order valence-corrected chi connectivity index (χ0v) is 31.6. The van der Waals surface area contributed by atoms with Gasteiger partial charge in [0.2, 0.25) is 0 Å². The van der Waals surface area contributed by atoms with Crippen molar-refractivity contribution in [1.29, 1.82) is 0 Å². The lowest BCUT2D eigenvalue weighted by molar-refractivity contribution is 0.661.